The molecule has 1 unspecified atom stereocenters. The Balaban J connectivity index is 2.09. The maximum absolute atomic E-state index is 12.2. The van der Waals surface area contributed by atoms with Gasteiger partial charge in [0.05, 0.1) is 13.2 Å². The molecule has 5 heteroatoms. The van der Waals surface area contributed by atoms with Gasteiger partial charge in [-0.05, 0) is 44.2 Å². The number of amides is 1. The predicted octanol–water partition coefficient (Wildman–Crippen LogP) is 1.17. The Hall–Kier alpha value is -1.59. The molecule has 104 valence electrons. The number of benzene rings is 1. The number of rotatable bonds is 5. The van der Waals surface area contributed by atoms with Crippen molar-refractivity contribution in [3.8, 4) is 5.75 Å². The fourth-order valence-corrected chi connectivity index (χ4v) is 2.15. The molecule has 1 heterocycles. The number of carbonyl (C=O) groups is 1. The van der Waals surface area contributed by atoms with Crippen molar-refractivity contribution in [2.75, 3.05) is 31.2 Å². The zero-order valence-corrected chi connectivity index (χ0v) is 11.2. The lowest BCUT2D eigenvalue weighted by molar-refractivity contribution is -0.134. The van der Waals surface area contributed by atoms with E-state index in [2.05, 4.69) is 0 Å². The quantitative estimate of drug-likeness (QED) is 0.867. The average molecular weight is 264 g/mol. The third-order valence-corrected chi connectivity index (χ3v) is 3.06. The van der Waals surface area contributed by atoms with Gasteiger partial charge in [0.2, 0.25) is 0 Å². The summed E-state index contributed by atoms with van der Waals surface area (Å²) in [5.74, 6) is 0.798. The Morgan fingerprint density at radius 3 is 2.79 bits per heavy atom. The molecule has 2 N–H and O–H groups in total. The van der Waals surface area contributed by atoms with Crippen LogP contribution in [0.3, 0.4) is 0 Å². The van der Waals surface area contributed by atoms with E-state index in [0.29, 0.717) is 32.7 Å². The number of hydrogen-bond donors (Lipinski definition) is 1. The number of carbonyl (C=O) groups excluding carboxylic acids is 1. The van der Waals surface area contributed by atoms with Gasteiger partial charge in [0, 0.05) is 12.2 Å². The van der Waals surface area contributed by atoms with E-state index in [1.165, 1.54) is 0 Å². The van der Waals surface area contributed by atoms with Gasteiger partial charge in [0.1, 0.15) is 11.9 Å². The van der Waals surface area contributed by atoms with Crippen LogP contribution in [0, 0.1) is 0 Å². The monoisotopic (exact) mass is 264 g/mol. The molecule has 0 spiro atoms. The molecule has 1 aliphatic heterocycles. The summed E-state index contributed by atoms with van der Waals surface area (Å²) in [6, 6.07) is 7.54. The lowest BCUT2D eigenvalue weighted by Crippen LogP contribution is -2.48. The number of nitrogens with zero attached hydrogens (tertiary/aromatic N) is 1. The SMILES string of the molecule is CCOc1ccc(N2CCOC(CCN)C2=O)cc1. The summed E-state index contributed by atoms with van der Waals surface area (Å²) < 4.78 is 10.8. The molecule has 0 radical (unpaired) electrons. The normalized spacial score (nSPS) is 19.6. The van der Waals surface area contributed by atoms with Crippen molar-refractivity contribution in [2.45, 2.75) is 19.4 Å². The second-order valence-corrected chi connectivity index (χ2v) is 4.35. The van der Waals surface area contributed by atoms with Crippen LogP contribution in [0.4, 0.5) is 5.69 Å². The van der Waals surface area contributed by atoms with Crippen LogP contribution in [0.1, 0.15) is 13.3 Å². The largest absolute Gasteiger partial charge is 0.494 e. The molecule has 1 fully saturated rings. The van der Waals surface area contributed by atoms with Gasteiger partial charge in [0.25, 0.3) is 5.91 Å². The van der Waals surface area contributed by atoms with Crippen molar-refractivity contribution in [3.63, 3.8) is 0 Å². The Morgan fingerprint density at radius 2 is 2.16 bits per heavy atom. The van der Waals surface area contributed by atoms with Crippen LogP contribution in [0.5, 0.6) is 5.75 Å². The summed E-state index contributed by atoms with van der Waals surface area (Å²) in [6.07, 6.45) is 0.150. The lowest BCUT2D eigenvalue weighted by atomic mass is 10.1. The smallest absolute Gasteiger partial charge is 0.256 e. The first-order valence-electron chi connectivity index (χ1n) is 6.62. The highest BCUT2D eigenvalue weighted by Gasteiger charge is 2.29. The fraction of sp³-hybridized carbons (Fsp3) is 0.500. The third-order valence-electron chi connectivity index (χ3n) is 3.06. The molecule has 0 saturated carbocycles. The number of nitrogens with two attached hydrogens (primary N) is 1. The van der Waals surface area contributed by atoms with Crippen LogP contribution < -0.4 is 15.4 Å². The Kier molecular flexibility index (Phi) is 4.76. The molecule has 1 aliphatic rings. The van der Waals surface area contributed by atoms with E-state index in [0.717, 1.165) is 11.4 Å². The van der Waals surface area contributed by atoms with Gasteiger partial charge in [-0.3, -0.25) is 4.79 Å². The van der Waals surface area contributed by atoms with Crippen molar-refractivity contribution in [1.82, 2.24) is 0 Å². The summed E-state index contributed by atoms with van der Waals surface area (Å²) in [5.41, 5.74) is 6.37. The summed E-state index contributed by atoms with van der Waals surface area (Å²) >= 11 is 0. The summed E-state index contributed by atoms with van der Waals surface area (Å²) in [5, 5.41) is 0. The van der Waals surface area contributed by atoms with Crippen LogP contribution >= 0.6 is 0 Å². The van der Waals surface area contributed by atoms with Gasteiger partial charge in [0.15, 0.2) is 0 Å². The van der Waals surface area contributed by atoms with E-state index >= 15 is 0 Å². The van der Waals surface area contributed by atoms with Crippen molar-refractivity contribution >= 4 is 11.6 Å². The van der Waals surface area contributed by atoms with Gasteiger partial charge in [-0.1, -0.05) is 0 Å². The van der Waals surface area contributed by atoms with Crippen LogP contribution in [0.2, 0.25) is 0 Å². The van der Waals surface area contributed by atoms with E-state index in [1.807, 2.05) is 31.2 Å². The van der Waals surface area contributed by atoms with Crippen LogP contribution in [-0.2, 0) is 9.53 Å². The minimum atomic E-state index is -0.412. The highest BCUT2D eigenvalue weighted by molar-refractivity contribution is 5.97. The lowest BCUT2D eigenvalue weighted by Gasteiger charge is -2.32. The predicted molar refractivity (Wildman–Crippen MR) is 73.4 cm³/mol. The van der Waals surface area contributed by atoms with Gasteiger partial charge in [-0.15, -0.1) is 0 Å². The summed E-state index contributed by atoms with van der Waals surface area (Å²) in [7, 11) is 0. The molecule has 1 amide bonds. The molecule has 0 aromatic heterocycles. The Morgan fingerprint density at radius 1 is 1.42 bits per heavy atom. The van der Waals surface area contributed by atoms with Gasteiger partial charge < -0.3 is 20.1 Å². The minimum Gasteiger partial charge on any atom is -0.494 e. The van der Waals surface area contributed by atoms with Crippen molar-refractivity contribution in [2.24, 2.45) is 5.73 Å². The highest BCUT2D eigenvalue weighted by atomic mass is 16.5. The maximum atomic E-state index is 12.2. The molecule has 1 aromatic carbocycles. The van der Waals surface area contributed by atoms with Gasteiger partial charge >= 0.3 is 0 Å². The maximum Gasteiger partial charge on any atom is 0.256 e. The van der Waals surface area contributed by atoms with Crippen LogP contribution in [0.15, 0.2) is 24.3 Å². The molecule has 1 atom stereocenters. The number of ether oxygens (including phenoxy) is 2. The molecule has 5 nitrogen and oxygen atoms in total. The van der Waals surface area contributed by atoms with Gasteiger partial charge in [-0.2, -0.15) is 0 Å². The van der Waals surface area contributed by atoms with E-state index in [1.54, 1.807) is 4.90 Å². The summed E-state index contributed by atoms with van der Waals surface area (Å²) in [4.78, 5) is 14.0. The van der Waals surface area contributed by atoms with Gasteiger partial charge in [-0.25, -0.2) is 0 Å². The first kappa shape index (κ1) is 13.8. The van der Waals surface area contributed by atoms with Crippen molar-refractivity contribution in [3.05, 3.63) is 24.3 Å². The second-order valence-electron chi connectivity index (χ2n) is 4.35. The molecule has 2 rings (SSSR count). The van der Waals surface area contributed by atoms with E-state index < -0.39 is 6.10 Å². The van der Waals surface area contributed by atoms with Crippen LogP contribution in [-0.4, -0.2) is 38.3 Å². The second kappa shape index (κ2) is 6.54. The zero-order chi connectivity index (χ0) is 13.7. The zero-order valence-electron chi connectivity index (χ0n) is 11.2. The highest BCUT2D eigenvalue weighted by Crippen LogP contribution is 2.23. The third kappa shape index (κ3) is 3.24. The fourth-order valence-electron chi connectivity index (χ4n) is 2.15. The number of hydrogen-bond acceptors (Lipinski definition) is 4. The molecule has 1 aromatic rings. The van der Waals surface area contributed by atoms with Crippen molar-refractivity contribution < 1.29 is 14.3 Å². The molecule has 1 saturated heterocycles. The average Bonchev–Trinajstić information content (AvgIpc) is 2.43. The molecule has 19 heavy (non-hydrogen) atoms. The van der Waals surface area contributed by atoms with E-state index in [-0.39, 0.29) is 5.91 Å². The number of anilines is 1. The Bertz CT molecular complexity index is 417. The number of morpholine rings is 1. The molecular weight excluding hydrogens is 244 g/mol. The topological polar surface area (TPSA) is 64.8 Å². The standard InChI is InChI=1S/C14H20N2O3/c1-2-18-12-5-3-11(4-6-12)16-9-10-19-13(7-8-15)14(16)17/h3-6,13H,2,7-10,15H2,1H3. The molecule has 0 aliphatic carbocycles. The Labute approximate surface area is 113 Å². The summed E-state index contributed by atoms with van der Waals surface area (Å²) in [6.45, 7) is 4.15. The minimum absolute atomic E-state index is 0.0131. The van der Waals surface area contributed by atoms with E-state index in [9.17, 15) is 4.79 Å². The first-order valence-corrected chi connectivity index (χ1v) is 6.62. The molecule has 0 bridgehead atoms. The first-order chi connectivity index (χ1) is 9.26. The molecular formula is C14H20N2O3. The van der Waals surface area contributed by atoms with Crippen LogP contribution in [0.25, 0.3) is 0 Å². The van der Waals surface area contributed by atoms with Crippen molar-refractivity contribution in [1.29, 1.82) is 0 Å². The van der Waals surface area contributed by atoms with E-state index in [4.69, 9.17) is 15.2 Å².